The van der Waals surface area contributed by atoms with E-state index in [1.165, 1.54) is 12.0 Å². The predicted molar refractivity (Wildman–Crippen MR) is 124 cm³/mol. The van der Waals surface area contributed by atoms with Crippen LogP contribution in [0, 0.1) is 0 Å². The average Bonchev–Trinajstić information content (AvgIpc) is 3.08. The molecule has 34 heavy (non-hydrogen) atoms. The first-order chi connectivity index (χ1) is 16.5. The van der Waals surface area contributed by atoms with Crippen molar-refractivity contribution in [2.75, 3.05) is 12.0 Å². The van der Waals surface area contributed by atoms with Crippen molar-refractivity contribution >= 4 is 23.4 Å². The first kappa shape index (κ1) is 20.8. The van der Waals surface area contributed by atoms with Crippen LogP contribution in [-0.2, 0) is 31.0 Å². The van der Waals surface area contributed by atoms with Crippen LogP contribution in [0.1, 0.15) is 28.4 Å². The summed E-state index contributed by atoms with van der Waals surface area (Å²) in [7, 11) is 1.47. The highest BCUT2D eigenvalue weighted by molar-refractivity contribution is 6.27. The van der Waals surface area contributed by atoms with E-state index in [4.69, 9.17) is 19.2 Å². The second-order valence-electron chi connectivity index (χ2n) is 8.63. The molecular weight excluding hydrogens is 432 g/mol. The molecule has 2 amide bonds. The number of hydrogen-bond acceptors (Lipinski definition) is 6. The van der Waals surface area contributed by atoms with Crippen LogP contribution in [0.2, 0.25) is 0 Å². The second kappa shape index (κ2) is 7.09. The highest BCUT2D eigenvalue weighted by Crippen LogP contribution is 2.65. The molecule has 3 aliphatic rings. The van der Waals surface area contributed by atoms with Crippen LogP contribution in [0.15, 0.2) is 89.9 Å². The van der Waals surface area contributed by atoms with Crippen molar-refractivity contribution in [3.63, 3.8) is 0 Å². The molecule has 0 bridgehead atoms. The third kappa shape index (κ3) is 2.40. The van der Waals surface area contributed by atoms with Crippen molar-refractivity contribution in [3.8, 4) is 0 Å². The fourth-order valence-corrected chi connectivity index (χ4v) is 5.47. The van der Waals surface area contributed by atoms with E-state index in [1.807, 2.05) is 36.4 Å². The molecule has 3 aromatic rings. The molecule has 3 aliphatic heterocycles. The lowest BCUT2D eigenvalue weighted by Gasteiger charge is -2.62. The van der Waals surface area contributed by atoms with Gasteiger partial charge >= 0.3 is 5.97 Å². The quantitative estimate of drug-likeness (QED) is 0.560. The molecule has 7 nitrogen and oxygen atoms in total. The van der Waals surface area contributed by atoms with Gasteiger partial charge in [-0.2, -0.15) is 0 Å². The van der Waals surface area contributed by atoms with Crippen LogP contribution < -0.4 is 4.90 Å². The number of nitrogens with zero attached hydrogens (tertiary/aromatic N) is 2. The van der Waals surface area contributed by atoms with Crippen molar-refractivity contribution in [2.24, 2.45) is 4.99 Å². The number of carbonyl (C=O) groups is 2. The van der Waals surface area contributed by atoms with Crippen molar-refractivity contribution in [2.45, 2.75) is 30.5 Å². The van der Waals surface area contributed by atoms with E-state index < -0.39 is 28.9 Å². The summed E-state index contributed by atoms with van der Waals surface area (Å²) in [5, 5.41) is 0. The van der Waals surface area contributed by atoms with Crippen LogP contribution in [0.4, 0.5) is 5.69 Å². The Hall–Kier alpha value is -3.81. The zero-order chi connectivity index (χ0) is 23.6. The van der Waals surface area contributed by atoms with Gasteiger partial charge in [0.05, 0.1) is 5.69 Å². The largest absolute Gasteiger partial charge is 0.424 e. The SMILES string of the molecule is CO[C@]12OC(C)=N[C@@]1(Cc1ccccc1)[C@]1(O2)C(=O)N(c2ccccc2)C(=O)c2ccccc21. The third-order valence-electron chi connectivity index (χ3n) is 6.84. The van der Waals surface area contributed by atoms with Crippen LogP contribution in [-0.4, -0.2) is 36.3 Å². The van der Waals surface area contributed by atoms with Gasteiger partial charge in [-0.1, -0.05) is 66.7 Å². The molecule has 0 aromatic heterocycles. The minimum Gasteiger partial charge on any atom is -0.424 e. The van der Waals surface area contributed by atoms with Crippen LogP contribution in [0.3, 0.4) is 0 Å². The standard InChI is InChI=1S/C27H22N2O5/c1-18-28-25(17-19-11-5-3-6-12-19)26(34-27(25,32-2)33-18)22-16-10-9-15-21(22)23(30)29(24(26)31)20-13-7-4-8-14-20/h3-16H,17H2,1-2H3/t25-,26+,27-/m0/s1. The summed E-state index contributed by atoms with van der Waals surface area (Å²) >= 11 is 0. The zero-order valence-electron chi connectivity index (χ0n) is 18.7. The molecule has 1 saturated heterocycles. The van der Waals surface area contributed by atoms with E-state index in [0.29, 0.717) is 29.1 Å². The molecule has 6 rings (SSSR count). The Kier molecular flexibility index (Phi) is 4.33. The first-order valence-corrected chi connectivity index (χ1v) is 11.1. The molecule has 0 saturated carbocycles. The Balaban J connectivity index is 1.63. The number of anilines is 1. The van der Waals surface area contributed by atoms with E-state index in [2.05, 4.69) is 0 Å². The summed E-state index contributed by atoms with van der Waals surface area (Å²) in [4.78, 5) is 34.1. The average molecular weight is 454 g/mol. The normalized spacial score (nSPS) is 29.2. The topological polar surface area (TPSA) is 77.4 Å². The van der Waals surface area contributed by atoms with Gasteiger partial charge in [-0.3, -0.25) is 14.3 Å². The summed E-state index contributed by atoms with van der Waals surface area (Å²) in [5.41, 5.74) is -0.690. The van der Waals surface area contributed by atoms with E-state index >= 15 is 0 Å². The Morgan fingerprint density at radius 2 is 1.56 bits per heavy atom. The minimum atomic E-state index is -1.63. The molecule has 1 spiro atoms. The fourth-order valence-electron chi connectivity index (χ4n) is 5.47. The fraction of sp³-hybridized carbons (Fsp3) is 0.222. The number of amides is 2. The van der Waals surface area contributed by atoms with Gasteiger partial charge in [-0.05, 0) is 23.8 Å². The Bertz CT molecular complexity index is 1340. The number of imide groups is 1. The summed E-state index contributed by atoms with van der Waals surface area (Å²) in [6.07, 6.45) is 0.302. The summed E-state index contributed by atoms with van der Waals surface area (Å²) in [6.45, 7) is 1.71. The lowest BCUT2D eigenvalue weighted by atomic mass is 9.62. The molecule has 0 aliphatic carbocycles. The molecule has 3 atom stereocenters. The first-order valence-electron chi connectivity index (χ1n) is 11.1. The number of para-hydroxylation sites is 1. The van der Waals surface area contributed by atoms with Gasteiger partial charge in [-0.15, -0.1) is 0 Å². The van der Waals surface area contributed by atoms with Gasteiger partial charge in [0, 0.05) is 31.6 Å². The number of rotatable bonds is 4. The molecule has 3 aromatic carbocycles. The van der Waals surface area contributed by atoms with E-state index in [0.717, 1.165) is 5.56 Å². The number of benzene rings is 3. The molecule has 170 valence electrons. The molecule has 7 heteroatoms. The maximum Gasteiger partial charge on any atom is 0.360 e. The second-order valence-corrected chi connectivity index (χ2v) is 8.63. The van der Waals surface area contributed by atoms with Gasteiger partial charge in [-0.25, -0.2) is 9.89 Å². The van der Waals surface area contributed by atoms with Gasteiger partial charge in [0.1, 0.15) is 0 Å². The molecular formula is C27H22N2O5. The van der Waals surface area contributed by atoms with Crippen LogP contribution in [0.25, 0.3) is 0 Å². The van der Waals surface area contributed by atoms with Gasteiger partial charge in [0.25, 0.3) is 11.8 Å². The monoisotopic (exact) mass is 454 g/mol. The van der Waals surface area contributed by atoms with Gasteiger partial charge in [0.15, 0.2) is 5.90 Å². The number of methoxy groups -OCH3 is 1. The number of ether oxygens (including phenoxy) is 3. The summed E-state index contributed by atoms with van der Waals surface area (Å²) in [5.74, 6) is -2.18. The highest BCUT2D eigenvalue weighted by atomic mass is 16.9. The zero-order valence-corrected chi connectivity index (χ0v) is 18.7. The van der Waals surface area contributed by atoms with Crippen LogP contribution >= 0.6 is 0 Å². The number of aliphatic imine (C=N–C) groups is 1. The molecule has 0 radical (unpaired) electrons. The molecule has 0 N–H and O–H groups in total. The Morgan fingerprint density at radius 3 is 2.26 bits per heavy atom. The number of fused-ring (bicyclic) bond motifs is 4. The molecule has 1 fully saturated rings. The van der Waals surface area contributed by atoms with E-state index in [1.54, 1.807) is 55.5 Å². The Labute approximate surface area is 196 Å². The maximum atomic E-state index is 14.4. The van der Waals surface area contributed by atoms with E-state index in [9.17, 15) is 9.59 Å². The maximum absolute atomic E-state index is 14.4. The van der Waals surface area contributed by atoms with Gasteiger partial charge in [0.2, 0.25) is 11.1 Å². The van der Waals surface area contributed by atoms with E-state index in [-0.39, 0.29) is 0 Å². The minimum absolute atomic E-state index is 0.302. The predicted octanol–water partition coefficient (Wildman–Crippen LogP) is 3.83. The smallest absolute Gasteiger partial charge is 0.360 e. The summed E-state index contributed by atoms with van der Waals surface area (Å²) < 4.78 is 18.2. The third-order valence-corrected chi connectivity index (χ3v) is 6.84. The lowest BCUT2D eigenvalue weighted by Crippen LogP contribution is -2.84. The number of hydrogen-bond donors (Lipinski definition) is 0. The van der Waals surface area contributed by atoms with Crippen molar-refractivity contribution in [1.29, 1.82) is 0 Å². The Morgan fingerprint density at radius 1 is 0.912 bits per heavy atom. The van der Waals surface area contributed by atoms with Crippen molar-refractivity contribution < 1.29 is 23.8 Å². The molecule has 3 heterocycles. The lowest BCUT2D eigenvalue weighted by molar-refractivity contribution is -0.487. The van der Waals surface area contributed by atoms with Crippen molar-refractivity contribution in [3.05, 3.63) is 102 Å². The summed E-state index contributed by atoms with van der Waals surface area (Å²) in [6, 6.07) is 25.6. The highest BCUT2D eigenvalue weighted by Gasteiger charge is 2.87. The van der Waals surface area contributed by atoms with Crippen LogP contribution in [0.5, 0.6) is 0 Å². The molecule has 0 unspecified atom stereocenters. The number of carbonyl (C=O) groups excluding carboxylic acids is 2. The van der Waals surface area contributed by atoms with Gasteiger partial charge < -0.3 is 9.47 Å². The van der Waals surface area contributed by atoms with Crippen molar-refractivity contribution in [1.82, 2.24) is 0 Å².